The smallest absolute Gasteiger partial charge is 0.391 e. The second kappa shape index (κ2) is 7.64. The molecule has 0 aliphatic rings. The maximum atomic E-state index is 11.6. The lowest BCUT2D eigenvalue weighted by molar-refractivity contribution is -0.139. The van der Waals surface area contributed by atoms with Gasteiger partial charge in [0.05, 0.1) is 6.42 Å². The molecule has 0 saturated carbocycles. The molecule has 0 aliphatic heterocycles. The first-order chi connectivity index (χ1) is 6.06. The summed E-state index contributed by atoms with van der Waals surface area (Å²) in [6, 6.07) is 0.921. The molecule has 0 rings (SSSR count). The highest BCUT2D eigenvalue weighted by atomic mass is 35.5. The van der Waals surface area contributed by atoms with Crippen molar-refractivity contribution >= 4 is 21.4 Å². The van der Waals surface area contributed by atoms with E-state index in [0.29, 0.717) is 5.88 Å². The zero-order valence-corrected chi connectivity index (χ0v) is 9.54. The highest BCUT2D eigenvalue weighted by Crippen LogP contribution is 2.18. The van der Waals surface area contributed by atoms with Crippen molar-refractivity contribution in [2.45, 2.75) is 31.5 Å². The first-order valence-corrected chi connectivity index (χ1v) is 6.38. The minimum atomic E-state index is -4.08. The molecule has 13 heavy (non-hydrogen) atoms. The SMILES string of the molecule is FC(F)(F)CCO[SiH2]CCCCCl. The molecule has 0 spiro atoms. The normalized spacial score (nSPS) is 12.9. The molecule has 0 aromatic heterocycles. The van der Waals surface area contributed by atoms with Crippen LogP contribution in [0.15, 0.2) is 0 Å². The fourth-order valence-corrected chi connectivity index (χ4v) is 2.06. The quantitative estimate of drug-likeness (QED) is 0.374. The summed E-state index contributed by atoms with van der Waals surface area (Å²) in [5.41, 5.74) is 0. The van der Waals surface area contributed by atoms with Crippen molar-refractivity contribution in [2.24, 2.45) is 0 Å². The van der Waals surface area contributed by atoms with E-state index in [1.54, 1.807) is 0 Å². The average molecular weight is 235 g/mol. The molecule has 80 valence electrons. The van der Waals surface area contributed by atoms with E-state index in [1.165, 1.54) is 0 Å². The number of halogens is 4. The molecule has 0 N–H and O–H groups in total. The summed E-state index contributed by atoms with van der Waals surface area (Å²) < 4.78 is 39.7. The average Bonchev–Trinajstić information content (AvgIpc) is 2.01. The Morgan fingerprint density at radius 1 is 1.23 bits per heavy atom. The lowest BCUT2D eigenvalue weighted by Gasteiger charge is -2.06. The van der Waals surface area contributed by atoms with E-state index in [4.69, 9.17) is 16.0 Å². The summed E-state index contributed by atoms with van der Waals surface area (Å²) in [6.45, 7) is -0.170. The third kappa shape index (κ3) is 12.3. The second-order valence-electron chi connectivity index (χ2n) is 2.73. The third-order valence-electron chi connectivity index (χ3n) is 1.45. The monoisotopic (exact) mass is 234 g/mol. The Hall–Kier alpha value is 0.257. The van der Waals surface area contributed by atoms with Gasteiger partial charge in [0.15, 0.2) is 9.76 Å². The summed E-state index contributed by atoms with van der Waals surface area (Å²) in [7, 11) is -0.737. The van der Waals surface area contributed by atoms with Crippen LogP contribution in [0.5, 0.6) is 0 Å². The molecule has 0 aliphatic carbocycles. The molecule has 0 bridgehead atoms. The topological polar surface area (TPSA) is 9.23 Å². The number of alkyl halides is 4. The maximum Gasteiger partial charge on any atom is 0.391 e. The fourth-order valence-electron chi connectivity index (χ4n) is 0.765. The molecule has 0 aromatic rings. The van der Waals surface area contributed by atoms with E-state index in [0.717, 1.165) is 18.9 Å². The molecule has 0 unspecified atom stereocenters. The Morgan fingerprint density at radius 2 is 1.92 bits per heavy atom. The van der Waals surface area contributed by atoms with Gasteiger partial charge in [-0.2, -0.15) is 13.2 Å². The zero-order valence-electron chi connectivity index (χ0n) is 7.37. The van der Waals surface area contributed by atoms with Crippen LogP contribution in [0.1, 0.15) is 19.3 Å². The molecule has 0 radical (unpaired) electrons. The number of unbranched alkanes of at least 4 members (excludes halogenated alkanes) is 1. The predicted molar refractivity (Wildman–Crippen MR) is 49.9 cm³/mol. The van der Waals surface area contributed by atoms with Gasteiger partial charge in [-0.3, -0.25) is 0 Å². The molecular weight excluding hydrogens is 221 g/mol. The van der Waals surface area contributed by atoms with Gasteiger partial charge in [0, 0.05) is 12.5 Å². The highest BCUT2D eigenvalue weighted by Gasteiger charge is 2.26. The van der Waals surface area contributed by atoms with Gasteiger partial charge >= 0.3 is 6.18 Å². The molecule has 0 atom stereocenters. The van der Waals surface area contributed by atoms with Crippen LogP contribution in [0.3, 0.4) is 0 Å². The van der Waals surface area contributed by atoms with Gasteiger partial charge in [0.2, 0.25) is 0 Å². The van der Waals surface area contributed by atoms with Gasteiger partial charge in [0.1, 0.15) is 0 Å². The van der Waals surface area contributed by atoms with Crippen LogP contribution < -0.4 is 0 Å². The molecule has 0 aromatic carbocycles. The van der Waals surface area contributed by atoms with Crippen molar-refractivity contribution in [1.29, 1.82) is 0 Å². The first kappa shape index (κ1) is 13.3. The number of hydrogen-bond acceptors (Lipinski definition) is 1. The van der Waals surface area contributed by atoms with Crippen LogP contribution >= 0.6 is 11.6 Å². The molecule has 0 heterocycles. The lowest BCUT2D eigenvalue weighted by atomic mass is 10.4. The minimum absolute atomic E-state index is 0.170. The minimum Gasteiger partial charge on any atom is -0.424 e. The summed E-state index contributed by atoms with van der Waals surface area (Å²) in [4.78, 5) is 0. The highest BCUT2D eigenvalue weighted by molar-refractivity contribution is 6.27. The Morgan fingerprint density at radius 3 is 2.46 bits per heavy atom. The van der Waals surface area contributed by atoms with Crippen LogP contribution in [0.25, 0.3) is 0 Å². The first-order valence-electron chi connectivity index (χ1n) is 4.27. The van der Waals surface area contributed by atoms with Gasteiger partial charge < -0.3 is 4.43 Å². The van der Waals surface area contributed by atoms with Crippen LogP contribution in [-0.2, 0) is 4.43 Å². The van der Waals surface area contributed by atoms with E-state index in [2.05, 4.69) is 0 Å². The van der Waals surface area contributed by atoms with E-state index in [9.17, 15) is 13.2 Å². The van der Waals surface area contributed by atoms with Gasteiger partial charge in [-0.15, -0.1) is 11.6 Å². The Labute approximate surface area is 83.5 Å². The van der Waals surface area contributed by atoms with Crippen LogP contribution in [0, 0.1) is 0 Å². The summed E-state index contributed by atoms with van der Waals surface area (Å²) in [5, 5.41) is 0. The second-order valence-corrected chi connectivity index (χ2v) is 4.63. The van der Waals surface area contributed by atoms with E-state index < -0.39 is 22.4 Å². The van der Waals surface area contributed by atoms with Gasteiger partial charge in [-0.05, 0) is 12.5 Å². The van der Waals surface area contributed by atoms with E-state index >= 15 is 0 Å². The Kier molecular flexibility index (Phi) is 7.79. The largest absolute Gasteiger partial charge is 0.424 e. The van der Waals surface area contributed by atoms with Crippen LogP contribution in [0.4, 0.5) is 13.2 Å². The molecule has 0 amide bonds. The molecule has 1 nitrogen and oxygen atoms in total. The number of hydrogen-bond donors (Lipinski definition) is 0. The standard InChI is InChI=1S/C7H14ClF3OSi/c8-4-1-2-6-13-12-5-3-7(9,10)11/h1-6,13H2. The van der Waals surface area contributed by atoms with Crippen molar-refractivity contribution < 1.29 is 17.6 Å². The molecule has 0 saturated heterocycles. The Balaban J connectivity index is 3.00. The van der Waals surface area contributed by atoms with Gasteiger partial charge in [-0.25, -0.2) is 0 Å². The van der Waals surface area contributed by atoms with Gasteiger partial charge in [-0.1, -0.05) is 6.42 Å². The van der Waals surface area contributed by atoms with E-state index in [-0.39, 0.29) is 6.61 Å². The van der Waals surface area contributed by atoms with Gasteiger partial charge in [0.25, 0.3) is 0 Å². The fraction of sp³-hybridized carbons (Fsp3) is 1.00. The third-order valence-corrected chi connectivity index (χ3v) is 3.09. The molecular formula is C7H14ClF3OSi. The summed E-state index contributed by atoms with van der Waals surface area (Å²) in [5.74, 6) is 0.622. The zero-order chi connectivity index (χ0) is 10.2. The maximum absolute atomic E-state index is 11.6. The van der Waals surface area contributed by atoms with Crippen LogP contribution in [-0.4, -0.2) is 28.4 Å². The number of rotatable bonds is 7. The molecule has 0 fully saturated rings. The van der Waals surface area contributed by atoms with Crippen molar-refractivity contribution in [3.05, 3.63) is 0 Å². The van der Waals surface area contributed by atoms with Crippen molar-refractivity contribution in [3.63, 3.8) is 0 Å². The molecule has 6 heteroatoms. The lowest BCUT2D eigenvalue weighted by Crippen LogP contribution is -2.12. The van der Waals surface area contributed by atoms with Crippen molar-refractivity contribution in [2.75, 3.05) is 12.5 Å². The Bertz CT molecular complexity index is 121. The van der Waals surface area contributed by atoms with Crippen molar-refractivity contribution in [3.8, 4) is 0 Å². The predicted octanol–water partition coefficient (Wildman–Crippen LogP) is 2.48. The van der Waals surface area contributed by atoms with E-state index in [1.807, 2.05) is 0 Å². The van der Waals surface area contributed by atoms with Crippen LogP contribution in [0.2, 0.25) is 6.04 Å². The summed E-state index contributed by atoms with van der Waals surface area (Å²) in [6.07, 6.45) is -3.00. The summed E-state index contributed by atoms with van der Waals surface area (Å²) >= 11 is 5.43. The van der Waals surface area contributed by atoms with Crippen molar-refractivity contribution in [1.82, 2.24) is 0 Å².